The molecule has 0 fully saturated rings. The van der Waals surface area contributed by atoms with Crippen LogP contribution in [0, 0.1) is 11.3 Å². The van der Waals surface area contributed by atoms with Gasteiger partial charge in [0.15, 0.2) is 5.69 Å². The molecule has 0 aromatic carbocycles. The van der Waals surface area contributed by atoms with Gasteiger partial charge in [0.25, 0.3) is 0 Å². The molecular weight excluding hydrogens is 268 g/mol. The SMILES string of the molecule is CC(C)n1nc(C#N)c2c1CCN(C(=O)OC(C)(C)C)C2. The van der Waals surface area contributed by atoms with Crippen molar-refractivity contribution in [2.75, 3.05) is 6.54 Å². The van der Waals surface area contributed by atoms with Crippen LogP contribution in [0.2, 0.25) is 0 Å². The zero-order valence-corrected chi connectivity index (χ0v) is 13.3. The number of ether oxygens (including phenoxy) is 1. The summed E-state index contributed by atoms with van der Waals surface area (Å²) in [7, 11) is 0. The van der Waals surface area contributed by atoms with E-state index in [2.05, 4.69) is 11.2 Å². The maximum Gasteiger partial charge on any atom is 0.410 e. The van der Waals surface area contributed by atoms with Crippen molar-refractivity contribution in [3.8, 4) is 6.07 Å². The molecule has 0 saturated carbocycles. The molecule has 0 aliphatic carbocycles. The summed E-state index contributed by atoms with van der Waals surface area (Å²) in [6, 6.07) is 2.33. The second-order valence-electron chi connectivity index (χ2n) is 6.58. The van der Waals surface area contributed by atoms with Crippen LogP contribution in [-0.4, -0.2) is 32.9 Å². The van der Waals surface area contributed by atoms with E-state index in [1.165, 1.54) is 0 Å². The van der Waals surface area contributed by atoms with Gasteiger partial charge in [0, 0.05) is 30.3 Å². The molecule has 0 spiro atoms. The van der Waals surface area contributed by atoms with E-state index in [9.17, 15) is 10.1 Å². The minimum Gasteiger partial charge on any atom is -0.444 e. The number of carbonyl (C=O) groups excluding carboxylic acids is 1. The van der Waals surface area contributed by atoms with Crippen molar-refractivity contribution in [2.45, 2.75) is 59.2 Å². The molecule has 6 nitrogen and oxygen atoms in total. The van der Waals surface area contributed by atoms with E-state index in [0.29, 0.717) is 25.2 Å². The third-order valence-electron chi connectivity index (χ3n) is 3.33. The zero-order chi connectivity index (χ0) is 15.8. The van der Waals surface area contributed by atoms with Gasteiger partial charge in [-0.05, 0) is 34.6 Å². The summed E-state index contributed by atoms with van der Waals surface area (Å²) in [6.45, 7) is 10.6. The van der Waals surface area contributed by atoms with Crippen LogP contribution in [0.1, 0.15) is 57.6 Å². The standard InChI is InChI=1S/C15H22N4O2/c1-10(2)19-13-6-7-18(14(20)21-15(3,4)5)9-11(13)12(8-16)17-19/h10H,6-7,9H2,1-5H3. The fraction of sp³-hybridized carbons (Fsp3) is 0.667. The van der Waals surface area contributed by atoms with Gasteiger partial charge in [-0.1, -0.05) is 0 Å². The molecule has 0 radical (unpaired) electrons. The lowest BCUT2D eigenvalue weighted by Crippen LogP contribution is -2.40. The fourth-order valence-corrected chi connectivity index (χ4v) is 2.45. The van der Waals surface area contributed by atoms with E-state index < -0.39 is 5.60 Å². The lowest BCUT2D eigenvalue weighted by molar-refractivity contribution is 0.0222. The molecule has 0 N–H and O–H groups in total. The molecule has 114 valence electrons. The van der Waals surface area contributed by atoms with Crippen molar-refractivity contribution in [1.82, 2.24) is 14.7 Å². The molecule has 0 unspecified atom stereocenters. The number of nitriles is 1. The summed E-state index contributed by atoms with van der Waals surface area (Å²) in [5, 5.41) is 13.6. The van der Waals surface area contributed by atoms with Gasteiger partial charge >= 0.3 is 6.09 Å². The minimum atomic E-state index is -0.516. The average molecular weight is 290 g/mol. The van der Waals surface area contributed by atoms with Gasteiger partial charge in [0.05, 0.1) is 6.54 Å². The zero-order valence-electron chi connectivity index (χ0n) is 13.3. The highest BCUT2D eigenvalue weighted by Gasteiger charge is 2.30. The Labute approximate surface area is 125 Å². The van der Waals surface area contributed by atoms with Crippen molar-refractivity contribution in [1.29, 1.82) is 5.26 Å². The third-order valence-corrected chi connectivity index (χ3v) is 3.33. The van der Waals surface area contributed by atoms with Gasteiger partial charge in [-0.25, -0.2) is 4.79 Å². The highest BCUT2D eigenvalue weighted by molar-refractivity contribution is 5.68. The number of rotatable bonds is 1. The van der Waals surface area contributed by atoms with Crippen LogP contribution in [0.25, 0.3) is 0 Å². The molecule has 21 heavy (non-hydrogen) atoms. The Morgan fingerprint density at radius 2 is 2.10 bits per heavy atom. The summed E-state index contributed by atoms with van der Waals surface area (Å²) < 4.78 is 7.29. The van der Waals surface area contributed by atoms with Crippen molar-refractivity contribution < 1.29 is 9.53 Å². The Hall–Kier alpha value is -2.03. The third kappa shape index (κ3) is 3.18. The number of hydrogen-bond donors (Lipinski definition) is 0. The monoisotopic (exact) mass is 290 g/mol. The number of aromatic nitrogens is 2. The smallest absolute Gasteiger partial charge is 0.410 e. The second-order valence-corrected chi connectivity index (χ2v) is 6.58. The van der Waals surface area contributed by atoms with E-state index >= 15 is 0 Å². The van der Waals surface area contributed by atoms with E-state index in [0.717, 1.165) is 11.3 Å². The molecule has 1 aromatic rings. The molecule has 1 amide bonds. The van der Waals surface area contributed by atoms with Gasteiger partial charge in [-0.2, -0.15) is 10.4 Å². The van der Waals surface area contributed by atoms with E-state index in [1.54, 1.807) is 4.90 Å². The van der Waals surface area contributed by atoms with Gasteiger partial charge in [0.1, 0.15) is 11.7 Å². The number of hydrogen-bond acceptors (Lipinski definition) is 4. The van der Waals surface area contributed by atoms with Crippen molar-refractivity contribution in [3.05, 3.63) is 17.0 Å². The van der Waals surface area contributed by atoms with E-state index in [-0.39, 0.29) is 12.1 Å². The van der Waals surface area contributed by atoms with Crippen LogP contribution in [0.15, 0.2) is 0 Å². The Kier molecular flexibility index (Phi) is 3.95. The van der Waals surface area contributed by atoms with Crippen LogP contribution in [0.3, 0.4) is 0 Å². The lowest BCUT2D eigenvalue weighted by Gasteiger charge is -2.30. The largest absolute Gasteiger partial charge is 0.444 e. The maximum atomic E-state index is 12.2. The van der Waals surface area contributed by atoms with Crippen molar-refractivity contribution >= 4 is 6.09 Å². The second kappa shape index (κ2) is 5.40. The first-order valence-electron chi connectivity index (χ1n) is 7.21. The molecule has 6 heteroatoms. The Morgan fingerprint density at radius 1 is 1.43 bits per heavy atom. The molecule has 1 aliphatic rings. The molecule has 2 heterocycles. The summed E-state index contributed by atoms with van der Waals surface area (Å²) in [6.07, 6.45) is 0.357. The van der Waals surface area contributed by atoms with E-state index in [1.807, 2.05) is 39.3 Å². The van der Waals surface area contributed by atoms with Crippen LogP contribution in [0.4, 0.5) is 4.79 Å². The highest BCUT2D eigenvalue weighted by Crippen LogP contribution is 2.25. The molecule has 1 aliphatic heterocycles. The van der Waals surface area contributed by atoms with Crippen LogP contribution < -0.4 is 0 Å². The van der Waals surface area contributed by atoms with Gasteiger partial charge in [-0.15, -0.1) is 0 Å². The predicted molar refractivity (Wildman–Crippen MR) is 77.7 cm³/mol. The summed E-state index contributed by atoms with van der Waals surface area (Å²) in [4.78, 5) is 13.8. The normalized spacial score (nSPS) is 14.8. The number of amides is 1. The van der Waals surface area contributed by atoms with Crippen molar-refractivity contribution in [2.24, 2.45) is 0 Å². The van der Waals surface area contributed by atoms with Crippen molar-refractivity contribution in [3.63, 3.8) is 0 Å². The topological polar surface area (TPSA) is 71.2 Å². The summed E-state index contributed by atoms with van der Waals surface area (Å²) >= 11 is 0. The number of fused-ring (bicyclic) bond motifs is 1. The lowest BCUT2D eigenvalue weighted by atomic mass is 10.1. The number of nitrogens with zero attached hydrogens (tertiary/aromatic N) is 4. The van der Waals surface area contributed by atoms with Gasteiger partial charge in [0.2, 0.25) is 0 Å². The molecule has 0 atom stereocenters. The number of carbonyl (C=O) groups is 1. The summed E-state index contributed by atoms with van der Waals surface area (Å²) in [5.41, 5.74) is 1.80. The van der Waals surface area contributed by atoms with Gasteiger partial charge < -0.3 is 9.64 Å². The average Bonchev–Trinajstić information content (AvgIpc) is 2.74. The molecular formula is C15H22N4O2. The van der Waals surface area contributed by atoms with Gasteiger partial charge in [-0.3, -0.25) is 4.68 Å². The maximum absolute atomic E-state index is 12.2. The predicted octanol–water partition coefficient (Wildman–Crippen LogP) is 2.63. The first kappa shape index (κ1) is 15.4. The van der Waals surface area contributed by atoms with Crippen LogP contribution >= 0.6 is 0 Å². The fourth-order valence-electron chi connectivity index (χ4n) is 2.45. The Bertz CT molecular complexity index is 590. The quantitative estimate of drug-likeness (QED) is 0.797. The van der Waals surface area contributed by atoms with Crippen LogP contribution in [-0.2, 0) is 17.7 Å². The molecule has 2 rings (SSSR count). The Balaban J connectivity index is 2.25. The highest BCUT2D eigenvalue weighted by atomic mass is 16.6. The molecule has 0 saturated heterocycles. The van der Waals surface area contributed by atoms with Crippen LogP contribution in [0.5, 0.6) is 0 Å². The first-order valence-corrected chi connectivity index (χ1v) is 7.21. The van der Waals surface area contributed by atoms with E-state index in [4.69, 9.17) is 4.74 Å². The summed E-state index contributed by atoms with van der Waals surface area (Å²) in [5.74, 6) is 0. The first-order chi connectivity index (χ1) is 9.73. The molecule has 0 bridgehead atoms. The Morgan fingerprint density at radius 3 is 2.62 bits per heavy atom. The minimum absolute atomic E-state index is 0.203. The molecule has 1 aromatic heterocycles.